The lowest BCUT2D eigenvalue weighted by molar-refractivity contribution is 0.451. The van der Waals surface area contributed by atoms with Gasteiger partial charge in [-0.15, -0.1) is 0 Å². The van der Waals surface area contributed by atoms with Gasteiger partial charge >= 0.3 is 0 Å². The zero-order valence-electron chi connectivity index (χ0n) is 10.0. The first kappa shape index (κ1) is 12.6. The molecule has 17 heavy (non-hydrogen) atoms. The van der Waals surface area contributed by atoms with E-state index in [0.717, 1.165) is 12.3 Å². The predicted octanol–water partition coefficient (Wildman–Crippen LogP) is 3.89. The Balaban J connectivity index is 2.43. The zero-order chi connectivity index (χ0) is 12.3. The van der Waals surface area contributed by atoms with Crippen LogP contribution in [-0.2, 0) is 0 Å². The van der Waals surface area contributed by atoms with Crippen LogP contribution < -0.4 is 5.32 Å². The third kappa shape index (κ3) is 2.72. The number of halogens is 1. The molecule has 1 aromatic heterocycles. The van der Waals surface area contributed by atoms with Gasteiger partial charge < -0.3 is 9.73 Å². The van der Waals surface area contributed by atoms with Crippen molar-refractivity contribution in [2.75, 3.05) is 6.54 Å². The van der Waals surface area contributed by atoms with Gasteiger partial charge in [0.2, 0.25) is 0 Å². The molecule has 0 saturated carbocycles. The van der Waals surface area contributed by atoms with Gasteiger partial charge in [-0.3, -0.25) is 0 Å². The number of benzene rings is 1. The van der Waals surface area contributed by atoms with Crippen molar-refractivity contribution in [3.05, 3.63) is 57.1 Å². The van der Waals surface area contributed by atoms with E-state index in [0.29, 0.717) is 0 Å². The smallest absolute Gasteiger partial charge is 0.125 e. The average Bonchev–Trinajstić information content (AvgIpc) is 2.84. The second kappa shape index (κ2) is 5.69. The van der Waals surface area contributed by atoms with Crippen LogP contribution in [0.1, 0.15) is 29.9 Å². The average molecular weight is 341 g/mol. The Morgan fingerprint density at radius 2 is 2.12 bits per heavy atom. The van der Waals surface area contributed by atoms with E-state index in [4.69, 9.17) is 4.42 Å². The molecule has 90 valence electrons. The molecule has 2 aromatic rings. The summed E-state index contributed by atoms with van der Waals surface area (Å²) in [5.41, 5.74) is 2.58. The van der Waals surface area contributed by atoms with E-state index in [9.17, 15) is 0 Å². The fourth-order valence-electron chi connectivity index (χ4n) is 1.92. The van der Waals surface area contributed by atoms with E-state index in [-0.39, 0.29) is 6.04 Å². The quantitative estimate of drug-likeness (QED) is 0.854. The van der Waals surface area contributed by atoms with Gasteiger partial charge in [-0.1, -0.05) is 25.1 Å². The highest BCUT2D eigenvalue weighted by Gasteiger charge is 2.18. The van der Waals surface area contributed by atoms with Gasteiger partial charge in [0.05, 0.1) is 12.3 Å². The van der Waals surface area contributed by atoms with Gasteiger partial charge in [0, 0.05) is 3.57 Å². The lowest BCUT2D eigenvalue weighted by Crippen LogP contribution is -2.22. The van der Waals surface area contributed by atoms with Crippen LogP contribution in [-0.4, -0.2) is 6.54 Å². The number of furan rings is 1. The summed E-state index contributed by atoms with van der Waals surface area (Å²) in [6, 6.07) is 10.5. The third-order valence-electron chi connectivity index (χ3n) is 2.77. The van der Waals surface area contributed by atoms with Crippen molar-refractivity contribution in [3.8, 4) is 0 Å². The Kier molecular flexibility index (Phi) is 4.23. The summed E-state index contributed by atoms with van der Waals surface area (Å²) < 4.78 is 6.83. The van der Waals surface area contributed by atoms with E-state index in [1.807, 2.05) is 12.1 Å². The minimum atomic E-state index is 0.141. The van der Waals surface area contributed by atoms with Crippen molar-refractivity contribution in [1.29, 1.82) is 0 Å². The molecule has 1 atom stereocenters. The molecule has 3 heteroatoms. The first-order valence-electron chi connectivity index (χ1n) is 5.75. The summed E-state index contributed by atoms with van der Waals surface area (Å²) in [6.45, 7) is 5.16. The van der Waals surface area contributed by atoms with Crippen LogP contribution in [0.2, 0.25) is 0 Å². The largest absolute Gasteiger partial charge is 0.467 e. The van der Waals surface area contributed by atoms with Crippen LogP contribution in [0.4, 0.5) is 0 Å². The van der Waals surface area contributed by atoms with Crippen LogP contribution in [0.3, 0.4) is 0 Å². The highest BCUT2D eigenvalue weighted by molar-refractivity contribution is 14.1. The molecule has 0 aliphatic heterocycles. The number of hydrogen-bond acceptors (Lipinski definition) is 2. The Bertz CT molecular complexity index is 479. The molecule has 0 saturated heterocycles. The highest BCUT2D eigenvalue weighted by atomic mass is 127. The molecular formula is C14H16INO. The van der Waals surface area contributed by atoms with Crippen molar-refractivity contribution in [1.82, 2.24) is 5.32 Å². The van der Waals surface area contributed by atoms with Crippen LogP contribution in [0, 0.1) is 10.5 Å². The van der Waals surface area contributed by atoms with Gasteiger partial charge in [-0.25, -0.2) is 0 Å². The lowest BCUT2D eigenvalue weighted by atomic mass is 10.0. The van der Waals surface area contributed by atoms with Crippen molar-refractivity contribution in [2.45, 2.75) is 19.9 Å². The summed E-state index contributed by atoms with van der Waals surface area (Å²) in [7, 11) is 0. The molecule has 0 aliphatic carbocycles. The van der Waals surface area contributed by atoms with E-state index >= 15 is 0 Å². The molecule has 0 radical (unpaired) electrons. The fourth-order valence-corrected chi connectivity index (χ4v) is 2.59. The van der Waals surface area contributed by atoms with Crippen LogP contribution in [0.5, 0.6) is 0 Å². The highest BCUT2D eigenvalue weighted by Crippen LogP contribution is 2.28. The van der Waals surface area contributed by atoms with Crippen molar-refractivity contribution in [2.24, 2.45) is 0 Å². The summed E-state index contributed by atoms with van der Waals surface area (Å²) in [5, 5.41) is 3.47. The monoisotopic (exact) mass is 341 g/mol. The predicted molar refractivity (Wildman–Crippen MR) is 78.1 cm³/mol. The summed E-state index contributed by atoms with van der Waals surface area (Å²) in [5.74, 6) is 0.968. The number of aryl methyl sites for hydroxylation is 1. The van der Waals surface area contributed by atoms with Crippen LogP contribution >= 0.6 is 22.6 Å². The summed E-state index contributed by atoms with van der Waals surface area (Å²) in [6.07, 6.45) is 1.72. The molecule has 1 aromatic carbocycles. The standard InChI is InChI=1S/C14H16INO/c1-3-16-14(12-8-5-9-17-12)11-7-4-6-10(2)13(11)15/h4-9,14,16H,3H2,1-2H3. The van der Waals surface area contributed by atoms with Crippen LogP contribution in [0.15, 0.2) is 41.0 Å². The number of rotatable bonds is 4. The minimum Gasteiger partial charge on any atom is -0.467 e. The fraction of sp³-hybridized carbons (Fsp3) is 0.286. The Morgan fingerprint density at radius 3 is 2.76 bits per heavy atom. The molecule has 2 nitrogen and oxygen atoms in total. The second-order valence-electron chi connectivity index (χ2n) is 3.98. The Labute approximate surface area is 116 Å². The molecule has 1 heterocycles. The topological polar surface area (TPSA) is 25.2 Å². The van der Waals surface area contributed by atoms with Gasteiger partial charge in [0.25, 0.3) is 0 Å². The zero-order valence-corrected chi connectivity index (χ0v) is 12.2. The minimum absolute atomic E-state index is 0.141. The Hall–Kier alpha value is -0.810. The van der Waals surface area contributed by atoms with Crippen molar-refractivity contribution < 1.29 is 4.42 Å². The molecule has 0 fully saturated rings. The van der Waals surface area contributed by atoms with Gasteiger partial charge in [-0.05, 0) is 59.3 Å². The SMILES string of the molecule is CCNC(c1ccco1)c1cccc(C)c1I. The van der Waals surface area contributed by atoms with E-state index in [1.165, 1.54) is 14.7 Å². The van der Waals surface area contributed by atoms with Crippen LogP contribution in [0.25, 0.3) is 0 Å². The molecule has 0 amide bonds. The normalized spacial score (nSPS) is 12.6. The summed E-state index contributed by atoms with van der Waals surface area (Å²) >= 11 is 2.40. The van der Waals surface area contributed by atoms with Gasteiger partial charge in [0.15, 0.2) is 0 Å². The van der Waals surface area contributed by atoms with Crippen molar-refractivity contribution in [3.63, 3.8) is 0 Å². The molecular weight excluding hydrogens is 325 g/mol. The Morgan fingerprint density at radius 1 is 1.29 bits per heavy atom. The molecule has 2 rings (SSSR count). The number of hydrogen-bond donors (Lipinski definition) is 1. The van der Waals surface area contributed by atoms with E-state index in [1.54, 1.807) is 6.26 Å². The van der Waals surface area contributed by atoms with Gasteiger partial charge in [0.1, 0.15) is 5.76 Å². The maximum atomic E-state index is 5.53. The summed E-state index contributed by atoms with van der Waals surface area (Å²) in [4.78, 5) is 0. The maximum Gasteiger partial charge on any atom is 0.125 e. The third-order valence-corrected chi connectivity index (χ3v) is 4.24. The van der Waals surface area contributed by atoms with E-state index in [2.05, 4.69) is 60.0 Å². The first-order chi connectivity index (χ1) is 8.24. The molecule has 0 bridgehead atoms. The maximum absolute atomic E-state index is 5.53. The lowest BCUT2D eigenvalue weighted by Gasteiger charge is -2.18. The number of nitrogens with one attached hydrogen (secondary N) is 1. The molecule has 1 N–H and O–H groups in total. The second-order valence-corrected chi connectivity index (χ2v) is 5.06. The molecule has 0 aliphatic rings. The first-order valence-corrected chi connectivity index (χ1v) is 6.83. The molecule has 1 unspecified atom stereocenters. The van der Waals surface area contributed by atoms with Gasteiger partial charge in [-0.2, -0.15) is 0 Å². The van der Waals surface area contributed by atoms with E-state index < -0.39 is 0 Å². The molecule has 0 spiro atoms. The van der Waals surface area contributed by atoms with Crippen molar-refractivity contribution >= 4 is 22.6 Å².